The van der Waals surface area contributed by atoms with Gasteiger partial charge in [-0.25, -0.2) is 0 Å². The van der Waals surface area contributed by atoms with Gasteiger partial charge in [0.05, 0.1) is 12.2 Å². The first kappa shape index (κ1) is 5.69. The second-order valence-corrected chi connectivity index (χ2v) is 3.09. The first-order valence-electron chi connectivity index (χ1n) is 3.48. The van der Waals surface area contributed by atoms with Crippen LogP contribution in [-0.2, 0) is 9.47 Å². The fraction of sp³-hybridized carbons (Fsp3) is 1.00. The van der Waals surface area contributed by atoms with Crippen LogP contribution in [0.25, 0.3) is 0 Å². The van der Waals surface area contributed by atoms with Crippen molar-refractivity contribution in [3.63, 3.8) is 0 Å². The molecule has 2 rings (SSSR count). The van der Waals surface area contributed by atoms with Crippen molar-refractivity contribution < 1.29 is 9.47 Å². The minimum Gasteiger partial charge on any atom is -0.378 e. The van der Waals surface area contributed by atoms with Gasteiger partial charge in [-0.05, 0) is 19.8 Å². The molecule has 9 heavy (non-hydrogen) atoms. The molecule has 0 N–H and O–H groups in total. The van der Waals surface area contributed by atoms with E-state index in [9.17, 15) is 0 Å². The largest absolute Gasteiger partial charge is 0.378 e. The molecule has 2 fully saturated rings. The van der Waals surface area contributed by atoms with Crippen molar-refractivity contribution >= 4 is 0 Å². The van der Waals surface area contributed by atoms with E-state index in [0.717, 1.165) is 0 Å². The zero-order chi connectivity index (χ0) is 6.48. The van der Waals surface area contributed by atoms with Crippen molar-refractivity contribution in [1.29, 1.82) is 0 Å². The summed E-state index contributed by atoms with van der Waals surface area (Å²) in [6.07, 6.45) is 3.25. The summed E-state index contributed by atoms with van der Waals surface area (Å²) in [4.78, 5) is 0. The van der Waals surface area contributed by atoms with E-state index in [1.54, 1.807) is 7.11 Å². The molecule has 1 aliphatic carbocycles. The molecule has 2 aliphatic rings. The second-order valence-electron chi connectivity index (χ2n) is 3.09. The minimum atomic E-state index is 0.106. The lowest BCUT2D eigenvalue weighted by atomic mass is 10.1. The zero-order valence-electron chi connectivity index (χ0n) is 5.89. The van der Waals surface area contributed by atoms with Crippen molar-refractivity contribution in [2.45, 2.75) is 37.6 Å². The third-order valence-electron chi connectivity index (χ3n) is 2.59. The lowest BCUT2D eigenvalue weighted by molar-refractivity contribution is 0.0313. The lowest BCUT2D eigenvalue weighted by Crippen LogP contribution is -2.24. The number of rotatable bonds is 1. The van der Waals surface area contributed by atoms with Gasteiger partial charge in [-0.1, -0.05) is 0 Å². The van der Waals surface area contributed by atoms with Crippen molar-refractivity contribution in [1.82, 2.24) is 0 Å². The van der Waals surface area contributed by atoms with Crippen molar-refractivity contribution in [3.05, 3.63) is 0 Å². The number of methoxy groups -OCH3 is 1. The fourth-order valence-corrected chi connectivity index (χ4v) is 1.84. The van der Waals surface area contributed by atoms with Gasteiger partial charge < -0.3 is 9.47 Å². The van der Waals surface area contributed by atoms with Gasteiger partial charge in [-0.2, -0.15) is 0 Å². The monoisotopic (exact) mass is 128 g/mol. The van der Waals surface area contributed by atoms with Crippen molar-refractivity contribution in [3.8, 4) is 0 Å². The van der Waals surface area contributed by atoms with Gasteiger partial charge in [0.25, 0.3) is 0 Å². The summed E-state index contributed by atoms with van der Waals surface area (Å²) in [6, 6.07) is 0. The number of hydrogen-bond donors (Lipinski definition) is 0. The van der Waals surface area contributed by atoms with E-state index in [-0.39, 0.29) is 5.60 Å². The van der Waals surface area contributed by atoms with Crippen LogP contribution in [-0.4, -0.2) is 24.9 Å². The maximum atomic E-state index is 5.42. The SMILES string of the molecule is COC1CCC2OC12C. The number of ether oxygens (including phenoxy) is 2. The normalized spacial score (nSPS) is 55.3. The van der Waals surface area contributed by atoms with Crippen LogP contribution in [0.3, 0.4) is 0 Å². The Morgan fingerprint density at radius 3 is 2.56 bits per heavy atom. The predicted octanol–water partition coefficient (Wildman–Crippen LogP) is 0.953. The summed E-state index contributed by atoms with van der Waals surface area (Å²) < 4.78 is 10.7. The van der Waals surface area contributed by atoms with E-state index < -0.39 is 0 Å². The summed E-state index contributed by atoms with van der Waals surface area (Å²) in [5.41, 5.74) is 0.106. The van der Waals surface area contributed by atoms with E-state index in [2.05, 4.69) is 6.92 Å². The van der Waals surface area contributed by atoms with Crippen LogP contribution < -0.4 is 0 Å². The second kappa shape index (κ2) is 1.50. The Bertz CT molecular complexity index is 133. The van der Waals surface area contributed by atoms with Gasteiger partial charge >= 0.3 is 0 Å². The maximum absolute atomic E-state index is 5.42. The fourth-order valence-electron chi connectivity index (χ4n) is 1.84. The van der Waals surface area contributed by atoms with Crippen LogP contribution >= 0.6 is 0 Å². The van der Waals surface area contributed by atoms with Gasteiger partial charge in [-0.15, -0.1) is 0 Å². The average Bonchev–Trinajstić information content (AvgIpc) is 2.38. The molecule has 0 aromatic heterocycles. The van der Waals surface area contributed by atoms with Crippen LogP contribution in [0.15, 0.2) is 0 Å². The molecular formula is C7H12O2. The lowest BCUT2D eigenvalue weighted by Gasteiger charge is -2.13. The highest BCUT2D eigenvalue weighted by Gasteiger charge is 2.62. The topological polar surface area (TPSA) is 21.8 Å². The molecule has 0 spiro atoms. The molecule has 1 heterocycles. The molecule has 2 heteroatoms. The standard InChI is InChI=1S/C7H12O2/c1-7-5(8-2)3-4-6(7)9-7/h5-6H,3-4H2,1-2H3. The molecule has 1 aliphatic heterocycles. The van der Waals surface area contributed by atoms with Crippen LogP contribution in [0.4, 0.5) is 0 Å². The third kappa shape index (κ3) is 0.578. The highest BCUT2D eigenvalue weighted by molar-refractivity contribution is 5.10. The molecule has 3 atom stereocenters. The van der Waals surface area contributed by atoms with E-state index in [1.807, 2.05) is 0 Å². The quantitative estimate of drug-likeness (QED) is 0.490. The Morgan fingerprint density at radius 1 is 1.56 bits per heavy atom. The maximum Gasteiger partial charge on any atom is 0.118 e. The Kier molecular flexibility index (Phi) is 0.945. The minimum absolute atomic E-state index is 0.106. The average molecular weight is 128 g/mol. The number of epoxide rings is 1. The molecule has 3 unspecified atom stereocenters. The van der Waals surface area contributed by atoms with Crippen molar-refractivity contribution in [2.24, 2.45) is 0 Å². The Morgan fingerprint density at radius 2 is 2.33 bits per heavy atom. The first-order valence-corrected chi connectivity index (χ1v) is 3.48. The van der Waals surface area contributed by atoms with Crippen LogP contribution in [0.5, 0.6) is 0 Å². The van der Waals surface area contributed by atoms with Gasteiger partial charge in [0, 0.05) is 7.11 Å². The molecule has 0 aromatic rings. The molecule has 0 amide bonds. The smallest absolute Gasteiger partial charge is 0.118 e. The van der Waals surface area contributed by atoms with E-state index >= 15 is 0 Å². The number of fused-ring (bicyclic) bond motifs is 1. The van der Waals surface area contributed by atoms with Gasteiger partial charge in [-0.3, -0.25) is 0 Å². The van der Waals surface area contributed by atoms with Gasteiger partial charge in [0.2, 0.25) is 0 Å². The molecule has 0 bridgehead atoms. The Hall–Kier alpha value is -0.0800. The molecule has 1 saturated carbocycles. The van der Waals surface area contributed by atoms with Crippen LogP contribution in [0.1, 0.15) is 19.8 Å². The van der Waals surface area contributed by atoms with Crippen LogP contribution in [0, 0.1) is 0 Å². The summed E-state index contributed by atoms with van der Waals surface area (Å²) in [7, 11) is 1.76. The molecule has 0 aromatic carbocycles. The van der Waals surface area contributed by atoms with E-state index in [4.69, 9.17) is 9.47 Å². The predicted molar refractivity (Wildman–Crippen MR) is 33.3 cm³/mol. The van der Waals surface area contributed by atoms with Gasteiger partial charge in [0.1, 0.15) is 5.60 Å². The Balaban J connectivity index is 2.09. The number of hydrogen-bond acceptors (Lipinski definition) is 2. The third-order valence-corrected chi connectivity index (χ3v) is 2.59. The summed E-state index contributed by atoms with van der Waals surface area (Å²) in [5.74, 6) is 0. The molecule has 2 nitrogen and oxygen atoms in total. The summed E-state index contributed by atoms with van der Waals surface area (Å²) in [6.45, 7) is 2.14. The van der Waals surface area contributed by atoms with Crippen molar-refractivity contribution in [2.75, 3.05) is 7.11 Å². The molecule has 0 radical (unpaired) electrons. The zero-order valence-corrected chi connectivity index (χ0v) is 5.89. The first-order chi connectivity index (χ1) is 4.27. The summed E-state index contributed by atoms with van der Waals surface area (Å²) >= 11 is 0. The molecule has 1 saturated heterocycles. The van der Waals surface area contributed by atoms with E-state index in [1.165, 1.54) is 12.8 Å². The van der Waals surface area contributed by atoms with E-state index in [0.29, 0.717) is 12.2 Å². The van der Waals surface area contributed by atoms with Crippen LogP contribution in [0.2, 0.25) is 0 Å². The van der Waals surface area contributed by atoms with Gasteiger partial charge in [0.15, 0.2) is 0 Å². The molecule has 52 valence electrons. The Labute approximate surface area is 55.1 Å². The highest BCUT2D eigenvalue weighted by Crippen LogP contribution is 2.50. The summed E-state index contributed by atoms with van der Waals surface area (Å²) in [5, 5.41) is 0. The molecular weight excluding hydrogens is 116 g/mol. The highest BCUT2D eigenvalue weighted by atomic mass is 16.6.